The number of benzene rings is 1. The van der Waals surface area contributed by atoms with Crippen LogP contribution in [0.4, 0.5) is 11.4 Å². The van der Waals surface area contributed by atoms with Crippen molar-refractivity contribution in [3.05, 3.63) is 45.6 Å². The minimum absolute atomic E-state index is 0.0679. The van der Waals surface area contributed by atoms with Gasteiger partial charge in [0.2, 0.25) is 5.91 Å². The quantitative estimate of drug-likeness (QED) is 0.925. The van der Waals surface area contributed by atoms with E-state index < -0.39 is 0 Å². The molecule has 0 saturated heterocycles. The fourth-order valence-electron chi connectivity index (χ4n) is 3.33. The first-order chi connectivity index (χ1) is 10.7. The zero-order valence-electron chi connectivity index (χ0n) is 12.1. The van der Waals surface area contributed by atoms with Crippen LogP contribution in [-0.2, 0) is 17.6 Å². The Morgan fingerprint density at radius 2 is 2.00 bits per heavy atom. The number of nitrogens with zero attached hydrogens (tertiary/aromatic N) is 1. The normalized spacial score (nSPS) is 16.4. The molecule has 22 heavy (non-hydrogen) atoms. The lowest BCUT2D eigenvalue weighted by atomic mass is 9.91. The number of rotatable bonds is 2. The van der Waals surface area contributed by atoms with Crippen LogP contribution in [0.1, 0.15) is 33.6 Å². The minimum Gasteiger partial charge on any atom is -0.321 e. The third-order valence-electron chi connectivity index (χ3n) is 4.28. The number of hydrogen-bond donors (Lipinski definition) is 1. The van der Waals surface area contributed by atoms with E-state index in [0.29, 0.717) is 11.3 Å². The average molecular weight is 312 g/mol. The van der Waals surface area contributed by atoms with Gasteiger partial charge in [-0.15, -0.1) is 11.3 Å². The molecule has 0 fully saturated rings. The molecule has 112 valence electrons. The summed E-state index contributed by atoms with van der Waals surface area (Å²) in [7, 11) is 0. The molecule has 5 heteroatoms. The van der Waals surface area contributed by atoms with Gasteiger partial charge in [-0.3, -0.25) is 9.59 Å². The molecule has 0 aliphatic carbocycles. The standard InChI is InChI=1S/C17H16N2O2S/c20-15-6-5-12-10-13(18-17(21)14-4-2-8-22-14)9-11-3-1-7-19(15)16(11)12/h2,4,8-10H,1,3,5-7H2,(H,18,21). The van der Waals surface area contributed by atoms with Gasteiger partial charge in [-0.25, -0.2) is 0 Å². The van der Waals surface area contributed by atoms with Gasteiger partial charge in [0.05, 0.1) is 10.6 Å². The van der Waals surface area contributed by atoms with Crippen LogP contribution in [-0.4, -0.2) is 18.4 Å². The number of aryl methyl sites for hydroxylation is 2. The summed E-state index contributed by atoms with van der Waals surface area (Å²) in [5.41, 5.74) is 4.29. The molecule has 0 atom stereocenters. The van der Waals surface area contributed by atoms with Crippen LogP contribution >= 0.6 is 11.3 Å². The van der Waals surface area contributed by atoms with Crippen LogP contribution in [0.2, 0.25) is 0 Å². The van der Waals surface area contributed by atoms with E-state index in [1.807, 2.05) is 34.5 Å². The Labute approximate surface area is 132 Å². The number of nitrogens with one attached hydrogen (secondary N) is 1. The molecule has 2 aliphatic rings. The van der Waals surface area contributed by atoms with E-state index in [2.05, 4.69) is 5.32 Å². The first-order valence-electron chi connectivity index (χ1n) is 7.53. The van der Waals surface area contributed by atoms with Crippen molar-refractivity contribution in [3.8, 4) is 0 Å². The molecule has 2 aromatic rings. The highest BCUT2D eigenvalue weighted by atomic mass is 32.1. The van der Waals surface area contributed by atoms with Crippen LogP contribution in [0.25, 0.3) is 0 Å². The lowest BCUT2D eigenvalue weighted by molar-refractivity contribution is -0.119. The Hall–Kier alpha value is -2.14. The third-order valence-corrected chi connectivity index (χ3v) is 5.15. The van der Waals surface area contributed by atoms with E-state index in [4.69, 9.17) is 0 Å². The number of amides is 2. The highest BCUT2D eigenvalue weighted by Crippen LogP contribution is 2.37. The van der Waals surface area contributed by atoms with Gasteiger partial charge in [0.1, 0.15) is 0 Å². The molecule has 4 rings (SSSR count). The molecule has 0 saturated carbocycles. The van der Waals surface area contributed by atoms with Crippen molar-refractivity contribution in [2.45, 2.75) is 25.7 Å². The fourth-order valence-corrected chi connectivity index (χ4v) is 3.94. The maximum atomic E-state index is 12.2. The topological polar surface area (TPSA) is 49.4 Å². The predicted molar refractivity (Wildman–Crippen MR) is 87.7 cm³/mol. The predicted octanol–water partition coefficient (Wildman–Crippen LogP) is 3.23. The van der Waals surface area contributed by atoms with Crippen molar-refractivity contribution < 1.29 is 9.59 Å². The van der Waals surface area contributed by atoms with Crippen molar-refractivity contribution >= 4 is 34.5 Å². The Bertz CT molecular complexity index is 735. The molecule has 0 unspecified atom stereocenters. The molecule has 4 nitrogen and oxygen atoms in total. The first-order valence-corrected chi connectivity index (χ1v) is 8.41. The van der Waals surface area contributed by atoms with E-state index in [1.54, 1.807) is 0 Å². The minimum atomic E-state index is -0.0679. The van der Waals surface area contributed by atoms with Crippen molar-refractivity contribution in [1.29, 1.82) is 0 Å². The van der Waals surface area contributed by atoms with Gasteiger partial charge >= 0.3 is 0 Å². The molecule has 2 aliphatic heterocycles. The number of thiophene rings is 1. The van der Waals surface area contributed by atoms with Crippen LogP contribution in [0, 0.1) is 0 Å². The number of carbonyl (C=O) groups is 2. The second-order valence-corrected chi connectivity index (χ2v) is 6.67. The summed E-state index contributed by atoms with van der Waals surface area (Å²) in [6.07, 6.45) is 3.28. The van der Waals surface area contributed by atoms with Gasteiger partial charge < -0.3 is 10.2 Å². The lowest BCUT2D eigenvalue weighted by Crippen LogP contribution is -2.39. The summed E-state index contributed by atoms with van der Waals surface area (Å²) in [6.45, 7) is 0.819. The van der Waals surface area contributed by atoms with Gasteiger partial charge in [-0.05, 0) is 54.0 Å². The summed E-state index contributed by atoms with van der Waals surface area (Å²) in [5, 5.41) is 4.89. The Kier molecular flexibility index (Phi) is 3.22. The fraction of sp³-hybridized carbons (Fsp3) is 0.294. The van der Waals surface area contributed by atoms with Gasteiger partial charge in [0.15, 0.2) is 0 Å². The van der Waals surface area contributed by atoms with E-state index >= 15 is 0 Å². The molecule has 1 N–H and O–H groups in total. The molecule has 2 amide bonds. The summed E-state index contributed by atoms with van der Waals surface area (Å²) in [6, 6.07) is 7.74. The monoisotopic (exact) mass is 312 g/mol. The maximum Gasteiger partial charge on any atom is 0.265 e. The molecule has 3 heterocycles. The molecule has 0 spiro atoms. The largest absolute Gasteiger partial charge is 0.321 e. The van der Waals surface area contributed by atoms with Crippen LogP contribution < -0.4 is 10.2 Å². The Morgan fingerprint density at radius 1 is 1.18 bits per heavy atom. The van der Waals surface area contributed by atoms with E-state index in [0.717, 1.165) is 37.2 Å². The number of carbonyl (C=O) groups excluding carboxylic acids is 2. The third kappa shape index (κ3) is 2.22. The maximum absolute atomic E-state index is 12.2. The van der Waals surface area contributed by atoms with Gasteiger partial charge in [-0.2, -0.15) is 0 Å². The summed E-state index contributed by atoms with van der Waals surface area (Å²) in [5.74, 6) is 0.158. The smallest absolute Gasteiger partial charge is 0.265 e. The van der Waals surface area contributed by atoms with E-state index in [9.17, 15) is 9.59 Å². The Morgan fingerprint density at radius 3 is 2.77 bits per heavy atom. The number of hydrogen-bond acceptors (Lipinski definition) is 3. The SMILES string of the molecule is O=C(Nc1cc2c3c(c1)CCC(=O)N3CCC2)c1cccs1. The number of anilines is 2. The lowest BCUT2D eigenvalue weighted by Gasteiger charge is -2.35. The highest BCUT2D eigenvalue weighted by Gasteiger charge is 2.29. The summed E-state index contributed by atoms with van der Waals surface area (Å²) < 4.78 is 0. The molecule has 1 aromatic carbocycles. The second-order valence-electron chi connectivity index (χ2n) is 5.72. The van der Waals surface area contributed by atoms with Crippen molar-refractivity contribution in [3.63, 3.8) is 0 Å². The van der Waals surface area contributed by atoms with Crippen LogP contribution in [0.5, 0.6) is 0 Å². The molecular formula is C17H16N2O2S. The zero-order chi connectivity index (χ0) is 15.1. The second kappa shape index (κ2) is 5.25. The summed E-state index contributed by atoms with van der Waals surface area (Å²) >= 11 is 1.44. The average Bonchev–Trinajstić information content (AvgIpc) is 3.05. The van der Waals surface area contributed by atoms with Crippen molar-refractivity contribution in [2.75, 3.05) is 16.8 Å². The van der Waals surface area contributed by atoms with Crippen LogP contribution in [0.15, 0.2) is 29.6 Å². The van der Waals surface area contributed by atoms with Gasteiger partial charge in [-0.1, -0.05) is 6.07 Å². The molecule has 0 radical (unpaired) electrons. The first kappa shape index (κ1) is 13.5. The highest BCUT2D eigenvalue weighted by molar-refractivity contribution is 7.12. The van der Waals surface area contributed by atoms with Gasteiger partial charge in [0, 0.05) is 18.7 Å². The van der Waals surface area contributed by atoms with Crippen molar-refractivity contribution in [2.24, 2.45) is 0 Å². The summed E-state index contributed by atoms with van der Waals surface area (Å²) in [4.78, 5) is 26.9. The van der Waals surface area contributed by atoms with Crippen molar-refractivity contribution in [1.82, 2.24) is 0 Å². The molecule has 1 aromatic heterocycles. The molecule has 0 bridgehead atoms. The van der Waals surface area contributed by atoms with E-state index in [-0.39, 0.29) is 11.8 Å². The van der Waals surface area contributed by atoms with Crippen LogP contribution in [0.3, 0.4) is 0 Å². The Balaban J connectivity index is 1.69. The zero-order valence-corrected chi connectivity index (χ0v) is 12.9. The molecular weight excluding hydrogens is 296 g/mol. The van der Waals surface area contributed by atoms with Gasteiger partial charge in [0.25, 0.3) is 5.91 Å². The van der Waals surface area contributed by atoms with E-state index in [1.165, 1.54) is 22.5 Å².